The molecule has 1 unspecified atom stereocenters. The third-order valence-electron chi connectivity index (χ3n) is 3.26. The Labute approximate surface area is 114 Å². The van der Waals surface area contributed by atoms with Crippen LogP contribution in [-0.4, -0.2) is 16.2 Å². The van der Waals surface area contributed by atoms with Gasteiger partial charge >= 0.3 is 0 Å². The number of aryl methyl sites for hydroxylation is 1. The highest BCUT2D eigenvalue weighted by Crippen LogP contribution is 2.25. The molecular weight excluding hydrogens is 294 g/mol. The first kappa shape index (κ1) is 11.9. The molecule has 0 saturated heterocycles. The van der Waals surface area contributed by atoms with Crippen LogP contribution in [0.3, 0.4) is 0 Å². The van der Waals surface area contributed by atoms with E-state index in [4.69, 9.17) is 4.42 Å². The van der Waals surface area contributed by atoms with Crippen molar-refractivity contribution in [3.63, 3.8) is 0 Å². The van der Waals surface area contributed by atoms with Crippen molar-refractivity contribution in [3.8, 4) is 0 Å². The molecule has 3 nitrogen and oxygen atoms in total. The molecule has 1 atom stereocenters. The summed E-state index contributed by atoms with van der Waals surface area (Å²) in [5.41, 5.74) is 2.18. The molecule has 0 fully saturated rings. The summed E-state index contributed by atoms with van der Waals surface area (Å²) in [4.78, 5) is 4.52. The van der Waals surface area contributed by atoms with Crippen LogP contribution in [0.2, 0.25) is 0 Å². The highest BCUT2D eigenvalue weighted by atomic mass is 79.9. The number of hydrogen-bond donors (Lipinski definition) is 1. The Bertz CT molecular complexity index is 565. The molecule has 0 spiro atoms. The summed E-state index contributed by atoms with van der Waals surface area (Å²) in [5.74, 6) is 1.59. The molecule has 18 heavy (non-hydrogen) atoms. The Balaban J connectivity index is 1.84. The van der Waals surface area contributed by atoms with Crippen LogP contribution in [0.5, 0.6) is 0 Å². The van der Waals surface area contributed by atoms with Gasteiger partial charge in [0.25, 0.3) is 0 Å². The van der Waals surface area contributed by atoms with Gasteiger partial charge in [0.1, 0.15) is 5.76 Å². The second-order valence-electron chi connectivity index (χ2n) is 4.64. The van der Waals surface area contributed by atoms with Crippen molar-refractivity contribution >= 4 is 15.9 Å². The van der Waals surface area contributed by atoms with Gasteiger partial charge < -0.3 is 9.52 Å². The predicted octanol–water partition coefficient (Wildman–Crippen LogP) is 2.88. The fourth-order valence-corrected chi connectivity index (χ4v) is 2.72. The van der Waals surface area contributed by atoms with E-state index in [9.17, 15) is 5.11 Å². The molecule has 1 aromatic heterocycles. The number of oxazole rings is 1. The molecule has 1 aliphatic rings. The predicted molar refractivity (Wildman–Crippen MR) is 71.5 cm³/mol. The zero-order chi connectivity index (χ0) is 12.5. The standard InChI is InChI=1S/C14H14BrNO2/c15-11-4-2-1-3-9(11)7-14-16-12-6-5-10(17)8-13(12)18-14/h1-4,10,17H,5-8H2. The highest BCUT2D eigenvalue weighted by molar-refractivity contribution is 9.10. The molecule has 2 aromatic rings. The van der Waals surface area contributed by atoms with Crippen LogP contribution in [0.15, 0.2) is 33.2 Å². The number of rotatable bonds is 2. The summed E-state index contributed by atoms with van der Waals surface area (Å²) < 4.78 is 6.81. The molecular formula is C14H14BrNO2. The molecule has 0 amide bonds. The number of aromatic nitrogens is 1. The van der Waals surface area contributed by atoms with E-state index in [0.717, 1.165) is 40.2 Å². The molecule has 1 heterocycles. The maximum Gasteiger partial charge on any atom is 0.199 e. The lowest BCUT2D eigenvalue weighted by Gasteiger charge is -2.13. The van der Waals surface area contributed by atoms with E-state index >= 15 is 0 Å². The van der Waals surface area contributed by atoms with Crippen molar-refractivity contribution in [2.75, 3.05) is 0 Å². The minimum absolute atomic E-state index is 0.276. The number of halogens is 1. The fraction of sp³-hybridized carbons (Fsp3) is 0.357. The Morgan fingerprint density at radius 2 is 2.22 bits per heavy atom. The summed E-state index contributed by atoms with van der Waals surface area (Å²) in [6.45, 7) is 0. The minimum atomic E-state index is -0.276. The van der Waals surface area contributed by atoms with E-state index in [2.05, 4.69) is 27.0 Å². The van der Waals surface area contributed by atoms with Crippen LogP contribution in [0.25, 0.3) is 0 Å². The monoisotopic (exact) mass is 307 g/mol. The van der Waals surface area contributed by atoms with Crippen molar-refractivity contribution in [2.45, 2.75) is 31.8 Å². The molecule has 1 aromatic carbocycles. The quantitative estimate of drug-likeness (QED) is 0.928. The van der Waals surface area contributed by atoms with E-state index in [1.54, 1.807) is 0 Å². The van der Waals surface area contributed by atoms with Crippen LogP contribution < -0.4 is 0 Å². The van der Waals surface area contributed by atoms with E-state index < -0.39 is 0 Å². The van der Waals surface area contributed by atoms with Crippen molar-refractivity contribution in [1.29, 1.82) is 0 Å². The number of hydrogen-bond acceptors (Lipinski definition) is 3. The SMILES string of the molecule is OC1CCc2nc(Cc3ccccc3Br)oc2C1. The van der Waals surface area contributed by atoms with Gasteiger partial charge in [-0.2, -0.15) is 0 Å². The largest absolute Gasteiger partial charge is 0.445 e. The summed E-state index contributed by atoms with van der Waals surface area (Å²) >= 11 is 3.53. The third-order valence-corrected chi connectivity index (χ3v) is 4.03. The minimum Gasteiger partial charge on any atom is -0.445 e. The summed E-state index contributed by atoms with van der Waals surface area (Å²) in [7, 11) is 0. The molecule has 0 saturated carbocycles. The Kier molecular flexibility index (Phi) is 3.22. The number of fused-ring (bicyclic) bond motifs is 1. The first-order valence-corrected chi connectivity index (χ1v) is 6.90. The van der Waals surface area contributed by atoms with Gasteiger partial charge in [-0.25, -0.2) is 4.98 Å². The van der Waals surface area contributed by atoms with E-state index in [1.165, 1.54) is 0 Å². The lowest BCUT2D eigenvalue weighted by molar-refractivity contribution is 0.149. The summed E-state index contributed by atoms with van der Waals surface area (Å²) in [5, 5.41) is 9.60. The van der Waals surface area contributed by atoms with Gasteiger partial charge in [-0.15, -0.1) is 0 Å². The maximum atomic E-state index is 9.60. The Hall–Kier alpha value is -1.13. The fourth-order valence-electron chi connectivity index (χ4n) is 2.29. The number of aliphatic hydroxyl groups excluding tert-OH is 1. The second-order valence-corrected chi connectivity index (χ2v) is 5.50. The highest BCUT2D eigenvalue weighted by Gasteiger charge is 2.22. The van der Waals surface area contributed by atoms with E-state index in [-0.39, 0.29) is 6.10 Å². The number of nitrogens with zero attached hydrogens (tertiary/aromatic N) is 1. The smallest absolute Gasteiger partial charge is 0.199 e. The van der Waals surface area contributed by atoms with Gasteiger partial charge in [-0.1, -0.05) is 34.1 Å². The lowest BCUT2D eigenvalue weighted by Crippen LogP contribution is -2.17. The third kappa shape index (κ3) is 2.35. The zero-order valence-corrected chi connectivity index (χ0v) is 11.5. The van der Waals surface area contributed by atoms with Gasteiger partial charge in [-0.3, -0.25) is 0 Å². The lowest BCUT2D eigenvalue weighted by atomic mass is 9.99. The second kappa shape index (κ2) is 4.86. The van der Waals surface area contributed by atoms with Gasteiger partial charge in [0, 0.05) is 10.9 Å². The summed E-state index contributed by atoms with van der Waals surface area (Å²) in [6, 6.07) is 8.07. The summed E-state index contributed by atoms with van der Waals surface area (Å²) in [6.07, 6.45) is 2.61. The Morgan fingerprint density at radius 3 is 3.06 bits per heavy atom. The molecule has 3 rings (SSSR count). The van der Waals surface area contributed by atoms with Crippen molar-refractivity contribution < 1.29 is 9.52 Å². The average Bonchev–Trinajstić information content (AvgIpc) is 2.73. The first-order chi connectivity index (χ1) is 8.72. The average molecular weight is 308 g/mol. The maximum absolute atomic E-state index is 9.60. The van der Waals surface area contributed by atoms with Gasteiger partial charge in [-0.05, 0) is 24.5 Å². The van der Waals surface area contributed by atoms with Crippen LogP contribution in [-0.2, 0) is 19.3 Å². The van der Waals surface area contributed by atoms with Gasteiger partial charge in [0.2, 0.25) is 0 Å². The van der Waals surface area contributed by atoms with E-state index in [1.807, 2.05) is 18.2 Å². The first-order valence-electron chi connectivity index (χ1n) is 6.11. The van der Waals surface area contributed by atoms with E-state index in [0.29, 0.717) is 12.8 Å². The van der Waals surface area contributed by atoms with Crippen LogP contribution in [0, 0.1) is 0 Å². The molecule has 0 radical (unpaired) electrons. The van der Waals surface area contributed by atoms with Crippen molar-refractivity contribution in [1.82, 2.24) is 4.98 Å². The number of benzene rings is 1. The molecule has 4 heteroatoms. The van der Waals surface area contributed by atoms with Gasteiger partial charge in [0.15, 0.2) is 5.89 Å². The van der Waals surface area contributed by atoms with Crippen molar-refractivity contribution in [3.05, 3.63) is 51.6 Å². The number of aliphatic hydroxyl groups is 1. The molecule has 0 aliphatic heterocycles. The molecule has 1 N–H and O–H groups in total. The van der Waals surface area contributed by atoms with Crippen LogP contribution >= 0.6 is 15.9 Å². The molecule has 0 bridgehead atoms. The molecule has 1 aliphatic carbocycles. The zero-order valence-electron chi connectivity index (χ0n) is 9.90. The Morgan fingerprint density at radius 1 is 1.39 bits per heavy atom. The van der Waals surface area contributed by atoms with Crippen LogP contribution in [0.1, 0.15) is 29.3 Å². The molecule has 94 valence electrons. The van der Waals surface area contributed by atoms with Crippen molar-refractivity contribution in [2.24, 2.45) is 0 Å². The van der Waals surface area contributed by atoms with Gasteiger partial charge in [0.05, 0.1) is 18.2 Å². The topological polar surface area (TPSA) is 46.3 Å². The van der Waals surface area contributed by atoms with Crippen LogP contribution in [0.4, 0.5) is 0 Å². The normalized spacial score (nSPS) is 18.7.